The predicted molar refractivity (Wildman–Crippen MR) is 138 cm³/mol. The van der Waals surface area contributed by atoms with Gasteiger partial charge in [-0.25, -0.2) is 0 Å². The van der Waals surface area contributed by atoms with Crippen molar-refractivity contribution in [3.8, 4) is 0 Å². The summed E-state index contributed by atoms with van der Waals surface area (Å²) in [6.07, 6.45) is -9.46. The fourth-order valence-corrected chi connectivity index (χ4v) is 5.21. The second-order valence-corrected chi connectivity index (χ2v) is 10.4. The molecule has 18 nitrogen and oxygen atoms in total. The smallest absolute Gasteiger partial charge is 0.249 e. The van der Waals surface area contributed by atoms with Crippen molar-refractivity contribution in [2.75, 3.05) is 19.7 Å². The Morgan fingerprint density at radius 2 is 1.77 bits per heavy atom. The number of azide groups is 1. The predicted octanol–water partition coefficient (Wildman–Crippen LogP) is -5.08. The number of nitrogens with one attached hydrogen (secondary N) is 1. The number of ether oxygens (including phenoxy) is 4. The molecule has 1 aliphatic carbocycles. The number of nitrogens with zero attached hydrogens (tertiary/aromatic N) is 3. The van der Waals surface area contributed by atoms with Gasteiger partial charge >= 0.3 is 0 Å². The first-order valence-electron chi connectivity index (χ1n) is 13.3. The SMILES string of the molecule is [N-]=[N+]=NC1[C@@H](O[C@H]2O[C@H](CO)[C@H](O)[C@H](N)[C@H]2O)[C@H](NC(=O)[C@@H](O)CCN)C[C@H](N)[C@H]1O[C@H]1O[C@H](CN)CC[C@H]1N. The normalized spacial score (nSPS) is 43.0. The summed E-state index contributed by atoms with van der Waals surface area (Å²) in [5.41, 5.74) is 39.3. The average molecular weight is 578 g/mol. The van der Waals surface area contributed by atoms with Gasteiger partial charge in [-0.3, -0.25) is 4.79 Å². The molecular weight excluding hydrogens is 534 g/mol. The number of rotatable bonds is 11. The molecule has 0 radical (unpaired) electrons. The lowest BCUT2D eigenvalue weighted by atomic mass is 9.82. The van der Waals surface area contributed by atoms with E-state index in [1.54, 1.807) is 0 Å². The Morgan fingerprint density at radius 3 is 2.40 bits per heavy atom. The van der Waals surface area contributed by atoms with Crippen LogP contribution in [0, 0.1) is 0 Å². The monoisotopic (exact) mass is 577 g/mol. The Bertz CT molecular complexity index is 870. The zero-order chi connectivity index (χ0) is 29.6. The highest BCUT2D eigenvalue weighted by molar-refractivity contribution is 5.80. The maximum absolute atomic E-state index is 12.7. The summed E-state index contributed by atoms with van der Waals surface area (Å²) in [6.45, 7) is -0.345. The maximum Gasteiger partial charge on any atom is 0.249 e. The second-order valence-electron chi connectivity index (χ2n) is 10.4. The number of aliphatic hydroxyl groups excluding tert-OH is 4. The van der Waals surface area contributed by atoms with Crippen molar-refractivity contribution in [1.82, 2.24) is 5.32 Å². The lowest BCUT2D eigenvalue weighted by Gasteiger charge is -2.48. The topological polar surface area (TPSA) is 326 Å². The molecule has 230 valence electrons. The fourth-order valence-electron chi connectivity index (χ4n) is 5.21. The third-order valence-corrected chi connectivity index (χ3v) is 7.55. The molecule has 15 N–H and O–H groups in total. The molecule has 18 heteroatoms. The van der Waals surface area contributed by atoms with E-state index in [-0.39, 0.29) is 32.0 Å². The quantitative estimate of drug-likeness (QED) is 0.0624. The molecule has 3 fully saturated rings. The van der Waals surface area contributed by atoms with Crippen LogP contribution in [0.1, 0.15) is 25.7 Å². The Labute approximate surface area is 231 Å². The van der Waals surface area contributed by atoms with E-state index < -0.39 is 91.9 Å². The van der Waals surface area contributed by atoms with Gasteiger partial charge < -0.3 is 73.4 Å². The van der Waals surface area contributed by atoms with Crippen LogP contribution >= 0.6 is 0 Å². The summed E-state index contributed by atoms with van der Waals surface area (Å²) < 4.78 is 23.7. The van der Waals surface area contributed by atoms with Gasteiger partial charge in [0, 0.05) is 17.5 Å². The number of hydrogen-bond donors (Lipinski definition) is 10. The molecule has 0 aromatic rings. The summed E-state index contributed by atoms with van der Waals surface area (Å²) in [4.78, 5) is 15.6. The molecule has 3 rings (SSSR count). The second kappa shape index (κ2) is 14.9. The summed E-state index contributed by atoms with van der Waals surface area (Å²) in [5, 5.41) is 47.2. The van der Waals surface area contributed by atoms with Crippen molar-refractivity contribution < 1.29 is 44.2 Å². The van der Waals surface area contributed by atoms with E-state index in [0.717, 1.165) is 0 Å². The van der Waals surface area contributed by atoms with E-state index in [4.69, 9.17) is 47.6 Å². The van der Waals surface area contributed by atoms with E-state index in [9.17, 15) is 30.8 Å². The number of amides is 1. The molecule has 0 aromatic carbocycles. The molecule has 3 aliphatic rings. The first kappa shape index (κ1) is 32.8. The van der Waals surface area contributed by atoms with Gasteiger partial charge in [-0.2, -0.15) is 0 Å². The molecule has 2 heterocycles. The van der Waals surface area contributed by atoms with Crippen molar-refractivity contribution >= 4 is 5.91 Å². The molecule has 0 aromatic heterocycles. The van der Waals surface area contributed by atoms with Crippen LogP contribution in [-0.2, 0) is 23.7 Å². The van der Waals surface area contributed by atoms with Crippen LogP contribution in [0.5, 0.6) is 0 Å². The Hall–Kier alpha value is -1.74. The minimum Gasteiger partial charge on any atom is -0.394 e. The van der Waals surface area contributed by atoms with Gasteiger partial charge in [0.15, 0.2) is 12.6 Å². The van der Waals surface area contributed by atoms with Crippen molar-refractivity contribution in [1.29, 1.82) is 0 Å². The lowest BCUT2D eigenvalue weighted by Crippen LogP contribution is -2.68. The van der Waals surface area contributed by atoms with Crippen LogP contribution < -0.4 is 34.0 Å². The molecule has 1 saturated carbocycles. The van der Waals surface area contributed by atoms with Crippen molar-refractivity contribution in [3.63, 3.8) is 0 Å². The highest BCUT2D eigenvalue weighted by atomic mass is 16.7. The Morgan fingerprint density at radius 1 is 1.07 bits per heavy atom. The van der Waals surface area contributed by atoms with Gasteiger partial charge in [0.1, 0.15) is 24.4 Å². The molecule has 0 bridgehead atoms. The van der Waals surface area contributed by atoms with Gasteiger partial charge in [0.2, 0.25) is 5.91 Å². The van der Waals surface area contributed by atoms with Crippen molar-refractivity contribution in [2.45, 2.75) is 111 Å². The number of hydrogen-bond acceptors (Lipinski definition) is 15. The number of aliphatic hydroxyl groups is 4. The van der Waals surface area contributed by atoms with Crippen LogP contribution in [0.2, 0.25) is 0 Å². The molecule has 14 atom stereocenters. The molecule has 2 aliphatic heterocycles. The van der Waals surface area contributed by atoms with E-state index in [2.05, 4.69) is 15.3 Å². The van der Waals surface area contributed by atoms with Crippen molar-refractivity contribution in [3.05, 3.63) is 10.4 Å². The Kier molecular flexibility index (Phi) is 12.2. The molecule has 40 heavy (non-hydrogen) atoms. The Balaban J connectivity index is 1.92. The van der Waals surface area contributed by atoms with Crippen molar-refractivity contribution in [2.24, 2.45) is 33.8 Å². The largest absolute Gasteiger partial charge is 0.394 e. The molecule has 2 saturated heterocycles. The maximum atomic E-state index is 12.7. The molecule has 0 spiro atoms. The number of carbonyl (C=O) groups is 1. The van der Waals surface area contributed by atoms with Gasteiger partial charge in [0.05, 0.1) is 49.1 Å². The minimum absolute atomic E-state index is 0.0110. The third kappa shape index (κ3) is 7.55. The first-order valence-corrected chi connectivity index (χ1v) is 13.3. The number of nitrogens with two attached hydrogens (primary N) is 5. The lowest BCUT2D eigenvalue weighted by molar-refractivity contribution is -0.301. The van der Waals surface area contributed by atoms with Crippen LogP contribution in [0.4, 0.5) is 0 Å². The summed E-state index contributed by atoms with van der Waals surface area (Å²) in [5.74, 6) is -0.774. The number of carbonyl (C=O) groups excluding carboxylic acids is 1. The van der Waals surface area contributed by atoms with Gasteiger partial charge in [0.25, 0.3) is 0 Å². The zero-order valence-corrected chi connectivity index (χ0v) is 22.1. The fraction of sp³-hybridized carbons (Fsp3) is 0.955. The molecular formula is C22H43N9O9. The van der Waals surface area contributed by atoms with E-state index >= 15 is 0 Å². The molecule has 1 unspecified atom stereocenters. The summed E-state index contributed by atoms with van der Waals surface area (Å²) in [6, 6.07) is -4.83. The molecule has 1 amide bonds. The zero-order valence-electron chi connectivity index (χ0n) is 22.1. The van der Waals surface area contributed by atoms with Crippen LogP contribution in [0.15, 0.2) is 5.11 Å². The van der Waals surface area contributed by atoms with Gasteiger partial charge in [-0.1, -0.05) is 5.11 Å². The minimum atomic E-state index is -1.57. The van der Waals surface area contributed by atoms with Crippen LogP contribution in [0.25, 0.3) is 10.4 Å². The average Bonchev–Trinajstić information content (AvgIpc) is 2.93. The van der Waals surface area contributed by atoms with E-state index in [1.807, 2.05) is 0 Å². The summed E-state index contributed by atoms with van der Waals surface area (Å²) in [7, 11) is 0. The highest BCUT2D eigenvalue weighted by Crippen LogP contribution is 2.33. The highest BCUT2D eigenvalue weighted by Gasteiger charge is 2.51. The van der Waals surface area contributed by atoms with Crippen LogP contribution in [0.3, 0.4) is 0 Å². The summed E-state index contributed by atoms with van der Waals surface area (Å²) >= 11 is 0. The van der Waals surface area contributed by atoms with Crippen LogP contribution in [-0.4, -0.2) is 132 Å². The van der Waals surface area contributed by atoms with Gasteiger partial charge in [-0.15, -0.1) is 0 Å². The van der Waals surface area contributed by atoms with E-state index in [1.165, 1.54) is 0 Å². The standard InChI is InChI=1S/C22H43N9O9/c23-4-3-12(33)20(36)29-11-5-10(26)18(39-21-9(25)2-1-8(6-24)37-21)15(30-31-28)19(11)40-22-17(35)14(27)16(34)13(7-32)38-22/h8-19,21-22,32-35H,1-7,23-27H2,(H,29,36)/t8-,9+,10-,11+,12-,13+,14-,15?,16-,17+,18+,19-,21+,22+/m0/s1. The third-order valence-electron chi connectivity index (χ3n) is 7.55. The van der Waals surface area contributed by atoms with Gasteiger partial charge in [-0.05, 0) is 37.8 Å². The first-order chi connectivity index (χ1) is 19.1. The van der Waals surface area contributed by atoms with E-state index in [0.29, 0.717) is 12.8 Å².